The summed E-state index contributed by atoms with van der Waals surface area (Å²) in [6.07, 6.45) is 9.14. The van der Waals surface area contributed by atoms with E-state index >= 15 is 0 Å². The fourth-order valence-electron chi connectivity index (χ4n) is 1.48. The molecule has 0 aromatic rings. The first-order valence-electron chi connectivity index (χ1n) is 5.25. The Kier molecular flexibility index (Phi) is 2.57. The van der Waals surface area contributed by atoms with E-state index in [4.69, 9.17) is 0 Å². The molecule has 76 valence electrons. The van der Waals surface area contributed by atoms with Gasteiger partial charge in [0, 0.05) is 12.0 Å². The lowest BCUT2D eigenvalue weighted by Crippen LogP contribution is -2.38. The predicted octanol–water partition coefficient (Wildman–Crippen LogP) is 1.29. The van der Waals surface area contributed by atoms with E-state index in [1.54, 1.807) is 0 Å². The van der Waals surface area contributed by atoms with Crippen molar-refractivity contribution in [2.45, 2.75) is 32.2 Å². The van der Waals surface area contributed by atoms with Gasteiger partial charge in [0.2, 0.25) is 5.91 Å². The Balaban J connectivity index is 1.88. The molecule has 1 atom stereocenters. The molecule has 14 heavy (non-hydrogen) atoms. The van der Waals surface area contributed by atoms with Gasteiger partial charge in [-0.05, 0) is 25.3 Å². The molecule has 1 heterocycles. The number of dihydropyridines is 1. The third-order valence-electron chi connectivity index (χ3n) is 2.59. The quantitative estimate of drug-likeness (QED) is 0.707. The molecule has 0 saturated heterocycles. The van der Waals surface area contributed by atoms with Crippen molar-refractivity contribution in [2.24, 2.45) is 5.92 Å². The number of amides is 1. The summed E-state index contributed by atoms with van der Waals surface area (Å²) >= 11 is 0. The number of nitrogens with one attached hydrogen (secondary N) is 2. The molecular formula is C11H16N2O. The van der Waals surface area contributed by atoms with E-state index in [1.807, 2.05) is 12.2 Å². The molecule has 0 bridgehead atoms. The molecule has 3 heteroatoms. The third-order valence-corrected chi connectivity index (χ3v) is 2.59. The van der Waals surface area contributed by atoms with Gasteiger partial charge in [0.25, 0.3) is 0 Å². The minimum absolute atomic E-state index is 0.161. The van der Waals surface area contributed by atoms with Crippen LogP contribution in [0.4, 0.5) is 0 Å². The van der Waals surface area contributed by atoms with Crippen LogP contribution in [0.3, 0.4) is 0 Å². The largest absolute Gasteiger partial charge is 0.365 e. The van der Waals surface area contributed by atoms with E-state index in [2.05, 4.69) is 23.6 Å². The molecule has 0 aromatic heterocycles. The van der Waals surface area contributed by atoms with Crippen LogP contribution in [0.15, 0.2) is 24.0 Å². The molecule has 1 unspecified atom stereocenters. The molecule has 1 amide bonds. The standard InChI is InChI=1S/C11H16N2O/c1-2-9-4-3-5-10(12-9)13-11(14)8-6-7-8/h3-5,8-9,12H,2,6-7H2,1H3,(H,13,14). The summed E-state index contributed by atoms with van der Waals surface area (Å²) in [6.45, 7) is 2.12. The van der Waals surface area contributed by atoms with Crippen molar-refractivity contribution in [1.29, 1.82) is 0 Å². The summed E-state index contributed by atoms with van der Waals surface area (Å²) < 4.78 is 0. The van der Waals surface area contributed by atoms with Crippen molar-refractivity contribution >= 4 is 5.91 Å². The van der Waals surface area contributed by atoms with Gasteiger partial charge in [-0.1, -0.05) is 19.1 Å². The van der Waals surface area contributed by atoms with Crippen molar-refractivity contribution in [3.63, 3.8) is 0 Å². The first kappa shape index (κ1) is 9.31. The van der Waals surface area contributed by atoms with Crippen LogP contribution in [0.25, 0.3) is 0 Å². The second kappa shape index (κ2) is 3.86. The average molecular weight is 192 g/mol. The molecular weight excluding hydrogens is 176 g/mol. The van der Waals surface area contributed by atoms with Gasteiger partial charge in [-0.25, -0.2) is 0 Å². The van der Waals surface area contributed by atoms with E-state index in [9.17, 15) is 4.79 Å². The minimum atomic E-state index is 0.161. The third kappa shape index (κ3) is 2.16. The minimum Gasteiger partial charge on any atom is -0.365 e. The summed E-state index contributed by atoms with van der Waals surface area (Å²) in [7, 11) is 0. The zero-order valence-corrected chi connectivity index (χ0v) is 8.42. The van der Waals surface area contributed by atoms with Crippen molar-refractivity contribution in [3.05, 3.63) is 24.0 Å². The van der Waals surface area contributed by atoms with Crippen LogP contribution in [0.5, 0.6) is 0 Å². The lowest BCUT2D eigenvalue weighted by atomic mass is 10.1. The van der Waals surface area contributed by atoms with Gasteiger partial charge < -0.3 is 10.6 Å². The van der Waals surface area contributed by atoms with Gasteiger partial charge in [-0.3, -0.25) is 4.79 Å². The van der Waals surface area contributed by atoms with E-state index in [0.717, 1.165) is 25.1 Å². The second-order valence-corrected chi connectivity index (χ2v) is 3.89. The highest BCUT2D eigenvalue weighted by molar-refractivity contribution is 5.82. The zero-order chi connectivity index (χ0) is 9.97. The maximum absolute atomic E-state index is 11.5. The maximum Gasteiger partial charge on any atom is 0.228 e. The van der Waals surface area contributed by atoms with E-state index < -0.39 is 0 Å². The monoisotopic (exact) mass is 192 g/mol. The lowest BCUT2D eigenvalue weighted by molar-refractivity contribution is -0.121. The number of carbonyl (C=O) groups is 1. The molecule has 1 aliphatic heterocycles. The molecule has 0 radical (unpaired) electrons. The van der Waals surface area contributed by atoms with Crippen LogP contribution in [-0.4, -0.2) is 11.9 Å². The van der Waals surface area contributed by atoms with Crippen LogP contribution >= 0.6 is 0 Å². The normalized spacial score (nSPS) is 25.2. The van der Waals surface area contributed by atoms with Gasteiger partial charge in [-0.15, -0.1) is 0 Å². The Morgan fingerprint density at radius 2 is 2.43 bits per heavy atom. The number of rotatable bonds is 3. The number of carbonyl (C=O) groups excluding carboxylic acids is 1. The van der Waals surface area contributed by atoms with Crippen LogP contribution in [0.2, 0.25) is 0 Å². The maximum atomic E-state index is 11.5. The highest BCUT2D eigenvalue weighted by atomic mass is 16.2. The smallest absolute Gasteiger partial charge is 0.228 e. The first-order valence-corrected chi connectivity index (χ1v) is 5.25. The van der Waals surface area contributed by atoms with Crippen LogP contribution in [-0.2, 0) is 4.79 Å². The summed E-state index contributed by atoms with van der Waals surface area (Å²) in [5.41, 5.74) is 0. The number of allylic oxidation sites excluding steroid dienone is 2. The molecule has 0 spiro atoms. The van der Waals surface area contributed by atoms with Gasteiger partial charge in [0.15, 0.2) is 0 Å². The van der Waals surface area contributed by atoms with Crippen LogP contribution < -0.4 is 10.6 Å². The highest BCUT2D eigenvalue weighted by Gasteiger charge is 2.30. The summed E-state index contributed by atoms with van der Waals surface area (Å²) in [5, 5.41) is 6.16. The molecule has 3 nitrogen and oxygen atoms in total. The highest BCUT2D eigenvalue weighted by Crippen LogP contribution is 2.29. The lowest BCUT2D eigenvalue weighted by Gasteiger charge is -2.20. The molecule has 2 aliphatic rings. The topological polar surface area (TPSA) is 41.1 Å². The SMILES string of the molecule is CCC1C=CC=C(NC(=O)C2CC2)N1. The van der Waals surface area contributed by atoms with E-state index in [1.165, 1.54) is 0 Å². The Labute approximate surface area is 84.3 Å². The number of hydrogen-bond acceptors (Lipinski definition) is 2. The number of hydrogen-bond donors (Lipinski definition) is 2. The summed E-state index contributed by atoms with van der Waals surface area (Å²) in [4.78, 5) is 11.5. The van der Waals surface area contributed by atoms with E-state index in [0.29, 0.717) is 6.04 Å². The predicted molar refractivity (Wildman–Crippen MR) is 55.3 cm³/mol. The van der Waals surface area contributed by atoms with Gasteiger partial charge >= 0.3 is 0 Å². The molecule has 1 aliphatic carbocycles. The molecule has 2 rings (SSSR count). The molecule has 0 aromatic carbocycles. The fourth-order valence-corrected chi connectivity index (χ4v) is 1.48. The average Bonchev–Trinajstić information content (AvgIpc) is 3.01. The van der Waals surface area contributed by atoms with Crippen molar-refractivity contribution in [1.82, 2.24) is 10.6 Å². The first-order chi connectivity index (χ1) is 6.79. The van der Waals surface area contributed by atoms with Crippen LogP contribution in [0.1, 0.15) is 26.2 Å². The molecule has 1 fully saturated rings. The summed E-state index contributed by atoms with van der Waals surface area (Å²) in [6, 6.07) is 0.356. The van der Waals surface area contributed by atoms with Crippen molar-refractivity contribution in [2.75, 3.05) is 0 Å². The van der Waals surface area contributed by atoms with Gasteiger partial charge in [-0.2, -0.15) is 0 Å². The summed E-state index contributed by atoms with van der Waals surface area (Å²) in [5.74, 6) is 1.27. The Morgan fingerprint density at radius 3 is 3.07 bits per heavy atom. The Bertz CT molecular complexity index is 290. The zero-order valence-electron chi connectivity index (χ0n) is 8.42. The van der Waals surface area contributed by atoms with Crippen molar-refractivity contribution < 1.29 is 4.79 Å². The molecule has 2 N–H and O–H groups in total. The van der Waals surface area contributed by atoms with E-state index in [-0.39, 0.29) is 11.8 Å². The van der Waals surface area contributed by atoms with Crippen LogP contribution in [0, 0.1) is 5.92 Å². The van der Waals surface area contributed by atoms with Gasteiger partial charge in [0.1, 0.15) is 5.82 Å². The van der Waals surface area contributed by atoms with Crippen molar-refractivity contribution in [3.8, 4) is 0 Å². The van der Waals surface area contributed by atoms with Gasteiger partial charge in [0.05, 0.1) is 0 Å². The second-order valence-electron chi connectivity index (χ2n) is 3.89. The fraction of sp³-hybridized carbons (Fsp3) is 0.545. The Hall–Kier alpha value is -1.25. The molecule has 1 saturated carbocycles. The Morgan fingerprint density at radius 1 is 1.64 bits per heavy atom.